The molecule has 2 aromatic heterocycles. The number of urea groups is 1. The number of anilines is 2. The van der Waals surface area contributed by atoms with E-state index in [1.807, 2.05) is 36.4 Å². The van der Waals surface area contributed by atoms with Crippen LogP contribution in [0.3, 0.4) is 0 Å². The molecule has 1 saturated heterocycles. The molecule has 32 heavy (non-hydrogen) atoms. The van der Waals surface area contributed by atoms with Gasteiger partial charge in [-0.3, -0.25) is 19.7 Å². The van der Waals surface area contributed by atoms with Crippen LogP contribution in [0, 0.1) is 0 Å². The summed E-state index contributed by atoms with van der Waals surface area (Å²) in [6, 6.07) is 12.7. The molecule has 4 aromatic rings. The molecule has 0 radical (unpaired) electrons. The van der Waals surface area contributed by atoms with Crippen molar-refractivity contribution in [2.24, 2.45) is 0 Å². The smallest absolute Gasteiger partial charge is 0.326 e. The van der Waals surface area contributed by atoms with Crippen molar-refractivity contribution in [1.29, 1.82) is 0 Å². The van der Waals surface area contributed by atoms with Crippen LogP contribution >= 0.6 is 0 Å². The Morgan fingerprint density at radius 3 is 2.81 bits per heavy atom. The van der Waals surface area contributed by atoms with Crippen LogP contribution in [0.4, 0.5) is 16.4 Å². The summed E-state index contributed by atoms with van der Waals surface area (Å²) in [4.78, 5) is 35.7. The highest BCUT2D eigenvalue weighted by Gasteiger charge is 2.35. The quantitative estimate of drug-likeness (QED) is 0.325. The predicted molar refractivity (Wildman–Crippen MR) is 116 cm³/mol. The lowest BCUT2D eigenvalue weighted by Gasteiger charge is -2.14. The number of hydrogen-bond acceptors (Lipinski definition) is 7. The van der Waals surface area contributed by atoms with Gasteiger partial charge in [0.15, 0.2) is 11.2 Å². The lowest BCUT2D eigenvalue weighted by Crippen LogP contribution is -2.24. The number of carbonyl (C=O) groups is 1. The summed E-state index contributed by atoms with van der Waals surface area (Å²) in [5.74, 6) is -0.0696. The van der Waals surface area contributed by atoms with Crippen molar-refractivity contribution in [3.05, 3.63) is 59.1 Å². The number of aliphatic hydroxyl groups is 2. The average molecular weight is 436 g/mol. The number of hydrogen-bond donors (Lipinski definition) is 5. The van der Waals surface area contributed by atoms with E-state index in [9.17, 15) is 19.8 Å². The second kappa shape index (κ2) is 8.04. The molecule has 5 N–H and O–H groups in total. The van der Waals surface area contributed by atoms with Crippen LogP contribution in [-0.2, 0) is 4.74 Å². The number of H-pyrrole nitrogens is 1. The van der Waals surface area contributed by atoms with Crippen LogP contribution in [0.25, 0.3) is 21.9 Å². The standard InChI is InChI=1S/C21H20N6O5/c28-9-15-14(29)8-16(32-15)27-10-22-17-18(27)24-20(25-19(17)30)26-21(31)23-13-6-5-11-3-1-2-4-12(11)7-13/h1-7,10,14-16,28-29H,8-9H2,(H3,23,24,25,26,30,31)/t14-,15+,16+/m0/s1. The minimum absolute atomic E-state index is 0.0658. The number of amides is 2. The molecule has 3 atom stereocenters. The highest BCUT2D eigenvalue weighted by atomic mass is 16.5. The third kappa shape index (κ3) is 3.68. The molecule has 5 rings (SSSR count). The molecule has 1 fully saturated rings. The number of nitrogens with zero attached hydrogens (tertiary/aromatic N) is 3. The van der Waals surface area contributed by atoms with Crippen LogP contribution in [0.5, 0.6) is 0 Å². The Labute approximate surface area is 180 Å². The van der Waals surface area contributed by atoms with Gasteiger partial charge in [0, 0.05) is 12.1 Å². The Bertz CT molecular complexity index is 1370. The summed E-state index contributed by atoms with van der Waals surface area (Å²) in [6.45, 7) is -0.333. The Hall–Kier alpha value is -3.80. The average Bonchev–Trinajstić information content (AvgIpc) is 3.36. The number of imidazole rings is 1. The fraction of sp³-hybridized carbons (Fsp3) is 0.238. The number of benzene rings is 2. The molecule has 1 aliphatic heterocycles. The van der Waals surface area contributed by atoms with Crippen molar-refractivity contribution in [3.63, 3.8) is 0 Å². The van der Waals surface area contributed by atoms with Crippen LogP contribution in [0.15, 0.2) is 53.6 Å². The first kappa shape index (κ1) is 20.1. The lowest BCUT2D eigenvalue weighted by atomic mass is 10.1. The molecule has 0 spiro atoms. The first-order valence-electron chi connectivity index (χ1n) is 10.00. The molecule has 3 heterocycles. The van der Waals surface area contributed by atoms with E-state index in [1.54, 1.807) is 6.07 Å². The number of carbonyl (C=O) groups excluding carboxylic acids is 1. The molecule has 164 valence electrons. The van der Waals surface area contributed by atoms with Crippen molar-refractivity contribution in [3.8, 4) is 0 Å². The van der Waals surface area contributed by atoms with E-state index < -0.39 is 30.0 Å². The first-order valence-corrected chi connectivity index (χ1v) is 10.00. The lowest BCUT2D eigenvalue weighted by molar-refractivity contribution is -0.0432. The normalized spacial score (nSPS) is 20.6. The topological polar surface area (TPSA) is 154 Å². The predicted octanol–water partition coefficient (Wildman–Crippen LogP) is 1.56. The molecule has 1 aliphatic rings. The van der Waals surface area contributed by atoms with E-state index in [1.165, 1.54) is 10.9 Å². The Kier molecular flexibility index (Phi) is 5.05. The van der Waals surface area contributed by atoms with E-state index in [2.05, 4.69) is 25.6 Å². The maximum Gasteiger partial charge on any atom is 0.326 e. The summed E-state index contributed by atoms with van der Waals surface area (Å²) in [7, 11) is 0. The van der Waals surface area contributed by atoms with Gasteiger partial charge in [-0.25, -0.2) is 9.78 Å². The number of aromatic nitrogens is 4. The number of aliphatic hydroxyl groups excluding tert-OH is 2. The third-order valence-corrected chi connectivity index (χ3v) is 5.37. The summed E-state index contributed by atoms with van der Waals surface area (Å²) >= 11 is 0. The zero-order chi connectivity index (χ0) is 22.2. The molecule has 11 heteroatoms. The number of nitrogens with one attached hydrogen (secondary N) is 3. The van der Waals surface area contributed by atoms with Gasteiger partial charge in [-0.1, -0.05) is 30.3 Å². The van der Waals surface area contributed by atoms with Gasteiger partial charge in [0.2, 0.25) is 5.95 Å². The van der Waals surface area contributed by atoms with Gasteiger partial charge in [0.05, 0.1) is 19.0 Å². The Morgan fingerprint density at radius 1 is 1.22 bits per heavy atom. The van der Waals surface area contributed by atoms with Crippen molar-refractivity contribution >= 4 is 39.6 Å². The molecule has 2 amide bonds. The summed E-state index contributed by atoms with van der Waals surface area (Å²) < 4.78 is 7.12. The summed E-state index contributed by atoms with van der Waals surface area (Å²) in [5.41, 5.74) is 0.298. The van der Waals surface area contributed by atoms with Crippen molar-refractivity contribution in [1.82, 2.24) is 19.5 Å². The number of rotatable bonds is 4. The fourth-order valence-corrected chi connectivity index (χ4v) is 3.78. The molecule has 0 aliphatic carbocycles. The molecule has 0 unspecified atom stereocenters. The van der Waals surface area contributed by atoms with E-state index >= 15 is 0 Å². The molecular weight excluding hydrogens is 416 g/mol. The Balaban J connectivity index is 1.38. The molecular formula is C21H20N6O5. The van der Waals surface area contributed by atoms with Gasteiger partial charge in [-0.15, -0.1) is 0 Å². The number of ether oxygens (including phenoxy) is 1. The van der Waals surface area contributed by atoms with Gasteiger partial charge < -0.3 is 20.3 Å². The molecule has 11 nitrogen and oxygen atoms in total. The van der Waals surface area contributed by atoms with Gasteiger partial charge in [-0.2, -0.15) is 4.98 Å². The fourth-order valence-electron chi connectivity index (χ4n) is 3.78. The minimum Gasteiger partial charge on any atom is -0.394 e. The largest absolute Gasteiger partial charge is 0.394 e. The van der Waals surface area contributed by atoms with E-state index in [4.69, 9.17) is 4.74 Å². The highest BCUT2D eigenvalue weighted by Crippen LogP contribution is 2.30. The number of aromatic amines is 1. The van der Waals surface area contributed by atoms with Gasteiger partial charge in [0.25, 0.3) is 5.56 Å². The summed E-state index contributed by atoms with van der Waals surface area (Å²) in [5, 5.41) is 26.5. The monoisotopic (exact) mass is 436 g/mol. The van der Waals surface area contributed by atoms with Gasteiger partial charge >= 0.3 is 6.03 Å². The van der Waals surface area contributed by atoms with Crippen molar-refractivity contribution in [2.45, 2.75) is 24.9 Å². The zero-order valence-corrected chi connectivity index (χ0v) is 16.7. The minimum atomic E-state index is -0.852. The van der Waals surface area contributed by atoms with Crippen LogP contribution in [-0.4, -0.2) is 54.6 Å². The van der Waals surface area contributed by atoms with Crippen LogP contribution in [0.2, 0.25) is 0 Å². The SMILES string of the molecule is O=C(Nc1ccc2ccccc2c1)Nc1nc2c(ncn2[C@H]2C[C@H](O)[C@@H](CO)O2)c(=O)[nH]1. The van der Waals surface area contributed by atoms with Crippen molar-refractivity contribution in [2.75, 3.05) is 17.2 Å². The maximum absolute atomic E-state index is 12.5. The van der Waals surface area contributed by atoms with E-state index in [0.717, 1.165) is 10.8 Å². The second-order valence-electron chi connectivity index (χ2n) is 7.49. The Morgan fingerprint density at radius 2 is 2.03 bits per heavy atom. The third-order valence-electron chi connectivity index (χ3n) is 5.37. The van der Waals surface area contributed by atoms with E-state index in [-0.39, 0.29) is 30.1 Å². The van der Waals surface area contributed by atoms with Crippen LogP contribution < -0.4 is 16.2 Å². The first-order chi connectivity index (χ1) is 15.5. The maximum atomic E-state index is 12.5. The van der Waals surface area contributed by atoms with Crippen molar-refractivity contribution < 1.29 is 19.7 Å². The molecule has 0 saturated carbocycles. The second-order valence-corrected chi connectivity index (χ2v) is 7.49. The zero-order valence-electron chi connectivity index (χ0n) is 16.7. The van der Waals surface area contributed by atoms with Gasteiger partial charge in [-0.05, 0) is 22.9 Å². The highest BCUT2D eigenvalue weighted by molar-refractivity contribution is 6.00. The molecule has 2 aromatic carbocycles. The van der Waals surface area contributed by atoms with E-state index in [0.29, 0.717) is 5.69 Å². The molecule has 0 bridgehead atoms. The van der Waals surface area contributed by atoms with Crippen LogP contribution in [0.1, 0.15) is 12.6 Å². The van der Waals surface area contributed by atoms with Gasteiger partial charge in [0.1, 0.15) is 12.3 Å². The summed E-state index contributed by atoms with van der Waals surface area (Å²) in [6.07, 6.45) is -0.653. The number of fused-ring (bicyclic) bond motifs is 2.